The van der Waals surface area contributed by atoms with E-state index in [9.17, 15) is 9.90 Å². The number of piperidine rings is 3. The van der Waals surface area contributed by atoms with Crippen LogP contribution in [0.5, 0.6) is 5.75 Å². The number of nitrogens with zero attached hydrogens (tertiary/aromatic N) is 1. The van der Waals surface area contributed by atoms with E-state index < -0.39 is 11.6 Å². The molecule has 1 N–H and O–H groups in total. The molecule has 0 unspecified atom stereocenters. The standard InChI is InChI=1S/C26H30NO4S2.BrH/c28-25(26(29,21-9-15-32-18-21)22-10-16-33-19-22)31-24-17-27(12-7-20(24)8-13-27)11-4-14-30-23-5-2-1-3-6-23;/h1-3,5-6,9-10,15-16,18-20,24,29H,4,7-8,11-14,17H2;1H/q+1;/p-1/t20?,24-,27?;/m0./s1. The van der Waals surface area contributed by atoms with Crippen LogP contribution in [0.25, 0.3) is 0 Å². The van der Waals surface area contributed by atoms with Crippen molar-refractivity contribution in [3.63, 3.8) is 0 Å². The summed E-state index contributed by atoms with van der Waals surface area (Å²) in [5, 5.41) is 19.0. The van der Waals surface area contributed by atoms with Crippen molar-refractivity contribution in [2.24, 2.45) is 5.92 Å². The van der Waals surface area contributed by atoms with Gasteiger partial charge in [0.2, 0.25) is 5.60 Å². The molecule has 0 radical (unpaired) electrons. The third-order valence-electron chi connectivity index (χ3n) is 7.26. The first-order valence-electron chi connectivity index (χ1n) is 11.6. The maximum absolute atomic E-state index is 13.4. The normalized spacial score (nSPS) is 23.8. The van der Waals surface area contributed by atoms with Gasteiger partial charge in [0.05, 0.1) is 26.2 Å². The average molecular weight is 565 g/mol. The maximum atomic E-state index is 13.4. The zero-order valence-electron chi connectivity index (χ0n) is 19.0. The zero-order valence-corrected chi connectivity index (χ0v) is 22.2. The Kier molecular flexibility index (Phi) is 8.15. The first-order chi connectivity index (χ1) is 16.1. The van der Waals surface area contributed by atoms with Gasteiger partial charge < -0.3 is 36.0 Å². The number of thiophene rings is 2. The number of carbonyl (C=O) groups excluding carboxylic acids is 1. The van der Waals surface area contributed by atoms with Crippen molar-refractivity contribution in [1.29, 1.82) is 0 Å². The molecule has 6 rings (SSSR count). The molecule has 5 nitrogen and oxygen atoms in total. The van der Waals surface area contributed by atoms with E-state index in [-0.39, 0.29) is 23.1 Å². The Labute approximate surface area is 219 Å². The van der Waals surface area contributed by atoms with Gasteiger partial charge in [-0.1, -0.05) is 18.2 Å². The van der Waals surface area contributed by atoms with Crippen molar-refractivity contribution in [3.8, 4) is 5.75 Å². The summed E-state index contributed by atoms with van der Waals surface area (Å²) in [6, 6.07) is 13.5. The molecule has 0 amide bonds. The highest BCUT2D eigenvalue weighted by Crippen LogP contribution is 2.39. The number of hydrogen-bond acceptors (Lipinski definition) is 6. The van der Waals surface area contributed by atoms with E-state index >= 15 is 0 Å². The monoisotopic (exact) mass is 563 g/mol. The van der Waals surface area contributed by atoms with E-state index in [0.29, 0.717) is 23.7 Å². The summed E-state index contributed by atoms with van der Waals surface area (Å²) in [6.45, 7) is 4.79. The minimum absolute atomic E-state index is 0. The van der Waals surface area contributed by atoms with Gasteiger partial charge in [0.15, 0.2) is 6.10 Å². The van der Waals surface area contributed by atoms with Crippen molar-refractivity contribution in [1.82, 2.24) is 0 Å². The Morgan fingerprint density at radius 2 is 1.68 bits per heavy atom. The highest BCUT2D eigenvalue weighted by atomic mass is 79.9. The summed E-state index contributed by atoms with van der Waals surface area (Å²) in [6.07, 6.45) is 2.94. The maximum Gasteiger partial charge on any atom is 0.348 e. The number of esters is 1. The minimum atomic E-state index is -1.75. The second kappa shape index (κ2) is 10.9. The zero-order chi connectivity index (χ0) is 22.7. The largest absolute Gasteiger partial charge is 1.00 e. The van der Waals surface area contributed by atoms with Gasteiger partial charge in [-0.2, -0.15) is 22.7 Å². The molecule has 1 aromatic carbocycles. The van der Waals surface area contributed by atoms with Crippen LogP contribution >= 0.6 is 22.7 Å². The van der Waals surface area contributed by atoms with Gasteiger partial charge >= 0.3 is 5.97 Å². The van der Waals surface area contributed by atoms with E-state index in [1.54, 1.807) is 12.1 Å². The van der Waals surface area contributed by atoms with Gasteiger partial charge in [-0.3, -0.25) is 0 Å². The van der Waals surface area contributed by atoms with Crippen LogP contribution in [0.2, 0.25) is 0 Å². The Morgan fingerprint density at radius 1 is 1.03 bits per heavy atom. The number of fused-ring (bicyclic) bond motifs is 3. The molecular formula is C26H30BrNO4S2. The van der Waals surface area contributed by atoms with Gasteiger partial charge in [-0.15, -0.1) is 0 Å². The van der Waals surface area contributed by atoms with E-state index in [2.05, 4.69) is 0 Å². The van der Waals surface area contributed by atoms with Gasteiger partial charge in [0, 0.05) is 36.3 Å². The van der Waals surface area contributed by atoms with E-state index in [0.717, 1.165) is 55.7 Å². The van der Waals surface area contributed by atoms with Crippen molar-refractivity contribution in [2.75, 3.05) is 32.8 Å². The SMILES string of the molecule is O=C(O[C@H]1C[N+]2(CCCOc3ccccc3)CCC1CC2)C(O)(c1ccsc1)c1ccsc1.[Br-]. The molecule has 0 aliphatic carbocycles. The van der Waals surface area contributed by atoms with Crippen LogP contribution in [0.3, 0.4) is 0 Å². The topological polar surface area (TPSA) is 55.8 Å². The first kappa shape index (κ1) is 25.4. The molecular weight excluding hydrogens is 534 g/mol. The predicted octanol–water partition coefficient (Wildman–Crippen LogP) is 1.67. The second-order valence-electron chi connectivity index (χ2n) is 9.23. The number of aliphatic hydroxyl groups is 1. The Bertz CT molecular complexity index is 1000. The predicted molar refractivity (Wildman–Crippen MR) is 131 cm³/mol. The highest BCUT2D eigenvalue weighted by Gasteiger charge is 2.50. The minimum Gasteiger partial charge on any atom is -1.00 e. The van der Waals surface area contributed by atoms with Crippen LogP contribution in [0.1, 0.15) is 30.4 Å². The summed E-state index contributed by atoms with van der Waals surface area (Å²) in [7, 11) is 0. The number of ether oxygens (including phenoxy) is 2. The third-order valence-corrected chi connectivity index (χ3v) is 8.63. The fourth-order valence-electron chi connectivity index (χ4n) is 5.34. The summed E-state index contributed by atoms with van der Waals surface area (Å²) in [5.41, 5.74) is -0.585. The molecule has 0 saturated carbocycles. The lowest BCUT2D eigenvalue weighted by Crippen LogP contribution is -3.00. The Hall–Kier alpha value is -1.71. The molecule has 3 fully saturated rings. The lowest BCUT2D eigenvalue weighted by molar-refractivity contribution is -0.946. The summed E-state index contributed by atoms with van der Waals surface area (Å²) < 4.78 is 13.0. The average Bonchev–Trinajstić information content (AvgIpc) is 3.58. The van der Waals surface area contributed by atoms with Crippen LogP contribution in [0, 0.1) is 5.92 Å². The molecule has 3 saturated heterocycles. The summed E-state index contributed by atoms with van der Waals surface area (Å²) in [5.74, 6) is 0.732. The van der Waals surface area contributed by atoms with Gasteiger partial charge in [0.25, 0.3) is 0 Å². The molecule has 3 aromatic rings. The molecule has 1 atom stereocenters. The fraction of sp³-hybridized carbons (Fsp3) is 0.423. The van der Waals surface area contributed by atoms with E-state index in [4.69, 9.17) is 9.47 Å². The second-order valence-corrected chi connectivity index (χ2v) is 10.8. The van der Waals surface area contributed by atoms with Crippen molar-refractivity contribution < 1.29 is 40.8 Å². The number of rotatable bonds is 9. The van der Waals surface area contributed by atoms with Crippen molar-refractivity contribution >= 4 is 28.6 Å². The number of halogens is 1. The quantitative estimate of drug-likeness (QED) is 0.244. The van der Waals surface area contributed by atoms with Crippen LogP contribution < -0.4 is 21.7 Å². The smallest absolute Gasteiger partial charge is 0.348 e. The fourth-order valence-corrected chi connectivity index (χ4v) is 6.74. The number of benzene rings is 1. The summed E-state index contributed by atoms with van der Waals surface area (Å²) >= 11 is 2.94. The Morgan fingerprint density at radius 3 is 2.26 bits per heavy atom. The first-order valence-corrected chi connectivity index (χ1v) is 13.5. The molecule has 34 heavy (non-hydrogen) atoms. The van der Waals surface area contributed by atoms with Crippen LogP contribution in [-0.2, 0) is 15.1 Å². The number of hydrogen-bond donors (Lipinski definition) is 1. The molecule has 0 spiro atoms. The van der Waals surface area contributed by atoms with Crippen LogP contribution in [0.15, 0.2) is 64.0 Å². The van der Waals surface area contributed by atoms with Crippen LogP contribution in [0.4, 0.5) is 0 Å². The molecule has 3 aliphatic heterocycles. The lowest BCUT2D eigenvalue weighted by Gasteiger charge is -2.52. The van der Waals surface area contributed by atoms with E-state index in [1.165, 1.54) is 22.7 Å². The van der Waals surface area contributed by atoms with Gasteiger partial charge in [-0.05, 0) is 45.8 Å². The van der Waals surface area contributed by atoms with Crippen molar-refractivity contribution in [2.45, 2.75) is 31.0 Å². The molecule has 5 heterocycles. The number of carbonyl (C=O) groups is 1. The molecule has 2 aromatic heterocycles. The molecule has 182 valence electrons. The number of para-hydroxylation sites is 1. The van der Waals surface area contributed by atoms with Gasteiger partial charge in [0.1, 0.15) is 12.3 Å². The Balaban J connectivity index is 0.00000274. The summed E-state index contributed by atoms with van der Waals surface area (Å²) in [4.78, 5) is 13.4. The molecule has 3 aliphatic rings. The molecule has 8 heteroatoms. The lowest BCUT2D eigenvalue weighted by atomic mass is 9.82. The van der Waals surface area contributed by atoms with E-state index in [1.807, 2.05) is 51.9 Å². The highest BCUT2D eigenvalue weighted by molar-refractivity contribution is 7.08. The van der Waals surface area contributed by atoms with Gasteiger partial charge in [-0.25, -0.2) is 4.79 Å². The van der Waals surface area contributed by atoms with Crippen molar-refractivity contribution in [3.05, 3.63) is 75.1 Å². The third kappa shape index (κ3) is 5.11. The van der Waals surface area contributed by atoms with Crippen LogP contribution in [-0.4, -0.2) is 54.4 Å². The molecule has 2 bridgehead atoms. The number of quaternary nitrogens is 1.